The van der Waals surface area contributed by atoms with Gasteiger partial charge in [-0.25, -0.2) is 14.3 Å². The first-order valence-corrected chi connectivity index (χ1v) is 9.03. The Kier molecular flexibility index (Phi) is 4.57. The van der Waals surface area contributed by atoms with E-state index in [1.165, 1.54) is 9.13 Å². The van der Waals surface area contributed by atoms with Crippen LogP contribution in [0.15, 0.2) is 70.5 Å². The molecule has 0 radical (unpaired) electrons. The number of benzene rings is 2. The standard InChI is InChI=1S/C21H20N4O3/c1-3-24-20(26)18-19(25(21(24)27)16-10-5-4-6-11-16)22-14-23(18)13-15-9-7-8-12-17(15)28-2/h4-12,14H,3,13H2,1-2H3. The van der Waals surface area contributed by atoms with E-state index in [4.69, 9.17) is 4.74 Å². The lowest BCUT2D eigenvalue weighted by Gasteiger charge is -2.12. The lowest BCUT2D eigenvalue weighted by molar-refractivity contribution is 0.408. The van der Waals surface area contributed by atoms with Crippen molar-refractivity contribution in [3.8, 4) is 11.4 Å². The fourth-order valence-corrected chi connectivity index (χ4v) is 3.41. The molecule has 0 saturated carbocycles. The van der Waals surface area contributed by atoms with Gasteiger partial charge in [-0.05, 0) is 25.1 Å². The zero-order chi connectivity index (χ0) is 19.7. The maximum atomic E-state index is 13.0. The summed E-state index contributed by atoms with van der Waals surface area (Å²) < 4.78 is 9.90. The van der Waals surface area contributed by atoms with E-state index < -0.39 is 5.69 Å². The fourth-order valence-electron chi connectivity index (χ4n) is 3.41. The van der Waals surface area contributed by atoms with Crippen molar-refractivity contribution in [3.05, 3.63) is 87.3 Å². The molecular weight excluding hydrogens is 356 g/mol. The molecule has 4 rings (SSSR count). The maximum Gasteiger partial charge on any atom is 0.337 e. The summed E-state index contributed by atoms with van der Waals surface area (Å²) >= 11 is 0. The summed E-state index contributed by atoms with van der Waals surface area (Å²) in [5.41, 5.74) is 1.58. The monoisotopic (exact) mass is 376 g/mol. The molecule has 2 aromatic heterocycles. The average Bonchev–Trinajstić information content (AvgIpc) is 3.13. The number of nitrogens with zero attached hydrogens (tertiary/aromatic N) is 4. The zero-order valence-corrected chi connectivity index (χ0v) is 15.7. The van der Waals surface area contributed by atoms with Crippen molar-refractivity contribution in [1.29, 1.82) is 0 Å². The first-order valence-electron chi connectivity index (χ1n) is 9.03. The summed E-state index contributed by atoms with van der Waals surface area (Å²) in [5.74, 6) is 0.733. The van der Waals surface area contributed by atoms with Crippen molar-refractivity contribution in [2.75, 3.05) is 7.11 Å². The number of methoxy groups -OCH3 is 1. The molecule has 2 heterocycles. The molecule has 0 unspecified atom stereocenters. The normalized spacial score (nSPS) is 11.1. The molecule has 0 aliphatic rings. The highest BCUT2D eigenvalue weighted by molar-refractivity contribution is 5.72. The highest BCUT2D eigenvalue weighted by Crippen LogP contribution is 2.20. The van der Waals surface area contributed by atoms with Crippen molar-refractivity contribution in [2.24, 2.45) is 0 Å². The molecule has 0 amide bonds. The zero-order valence-electron chi connectivity index (χ0n) is 15.7. The molecule has 7 heteroatoms. The Balaban J connectivity index is 1.99. The van der Waals surface area contributed by atoms with Crippen LogP contribution >= 0.6 is 0 Å². The van der Waals surface area contributed by atoms with Gasteiger partial charge in [0.1, 0.15) is 5.75 Å². The Morgan fingerprint density at radius 1 is 1.00 bits per heavy atom. The average molecular weight is 376 g/mol. The van der Waals surface area contributed by atoms with E-state index in [2.05, 4.69) is 4.98 Å². The number of fused-ring (bicyclic) bond motifs is 1. The van der Waals surface area contributed by atoms with Crippen LogP contribution in [0.5, 0.6) is 5.75 Å². The van der Waals surface area contributed by atoms with Crippen LogP contribution < -0.4 is 16.0 Å². The summed E-state index contributed by atoms with van der Waals surface area (Å²) in [5, 5.41) is 0. The minimum absolute atomic E-state index is 0.278. The van der Waals surface area contributed by atoms with Crippen molar-refractivity contribution in [1.82, 2.24) is 18.7 Å². The van der Waals surface area contributed by atoms with Gasteiger partial charge in [0.25, 0.3) is 5.56 Å². The SMILES string of the molecule is CCn1c(=O)c2c(ncn2Cc2ccccc2OC)n(-c2ccccc2)c1=O. The third-order valence-electron chi connectivity index (χ3n) is 4.76. The van der Waals surface area contributed by atoms with Crippen molar-refractivity contribution < 1.29 is 4.74 Å². The third-order valence-corrected chi connectivity index (χ3v) is 4.76. The molecule has 0 atom stereocenters. The summed E-state index contributed by atoms with van der Waals surface area (Å²) in [6.07, 6.45) is 1.59. The fraction of sp³-hybridized carbons (Fsp3) is 0.190. The number of hydrogen-bond donors (Lipinski definition) is 0. The quantitative estimate of drug-likeness (QED) is 0.536. The van der Waals surface area contributed by atoms with Crippen LogP contribution in [0.3, 0.4) is 0 Å². The summed E-state index contributed by atoms with van der Waals surface area (Å²) in [6, 6.07) is 16.8. The maximum absolute atomic E-state index is 13.0. The van der Waals surface area contributed by atoms with Gasteiger partial charge < -0.3 is 9.30 Å². The second-order valence-electron chi connectivity index (χ2n) is 6.36. The minimum Gasteiger partial charge on any atom is -0.496 e. The number of ether oxygens (including phenoxy) is 1. The Hall–Kier alpha value is -3.61. The molecule has 0 aliphatic carbocycles. The van der Waals surface area contributed by atoms with Crippen LogP contribution in [0.4, 0.5) is 0 Å². The largest absolute Gasteiger partial charge is 0.496 e. The van der Waals surface area contributed by atoms with Gasteiger partial charge in [0.05, 0.1) is 25.7 Å². The summed E-state index contributed by atoms with van der Waals surface area (Å²) in [4.78, 5) is 30.4. The van der Waals surface area contributed by atoms with E-state index in [0.29, 0.717) is 23.4 Å². The topological polar surface area (TPSA) is 71.0 Å². The minimum atomic E-state index is -0.395. The number of rotatable bonds is 5. The van der Waals surface area contributed by atoms with Crippen LogP contribution in [0, 0.1) is 0 Å². The molecule has 7 nitrogen and oxygen atoms in total. The number of aromatic nitrogens is 4. The number of hydrogen-bond acceptors (Lipinski definition) is 4. The first kappa shape index (κ1) is 17.8. The molecule has 0 fully saturated rings. The van der Waals surface area contributed by atoms with Gasteiger partial charge in [0.15, 0.2) is 11.2 Å². The molecule has 4 aromatic rings. The highest BCUT2D eigenvalue weighted by atomic mass is 16.5. The predicted molar refractivity (Wildman–Crippen MR) is 107 cm³/mol. The number of imidazole rings is 1. The summed E-state index contributed by atoms with van der Waals surface area (Å²) in [6.45, 7) is 2.47. The Morgan fingerprint density at radius 2 is 1.71 bits per heavy atom. The Bertz CT molecular complexity index is 1250. The molecule has 28 heavy (non-hydrogen) atoms. The Labute approximate surface area is 161 Å². The van der Waals surface area contributed by atoms with Crippen molar-refractivity contribution >= 4 is 11.2 Å². The highest BCUT2D eigenvalue weighted by Gasteiger charge is 2.19. The van der Waals surface area contributed by atoms with E-state index in [1.54, 1.807) is 24.9 Å². The molecule has 2 aromatic carbocycles. The Morgan fingerprint density at radius 3 is 2.43 bits per heavy atom. The summed E-state index contributed by atoms with van der Waals surface area (Å²) in [7, 11) is 1.61. The van der Waals surface area contributed by atoms with Crippen LogP contribution in [0.2, 0.25) is 0 Å². The lowest BCUT2D eigenvalue weighted by atomic mass is 10.2. The van der Waals surface area contributed by atoms with Crippen LogP contribution in [-0.2, 0) is 13.1 Å². The molecule has 0 bridgehead atoms. The molecule has 142 valence electrons. The van der Waals surface area contributed by atoms with Crippen LogP contribution in [-0.4, -0.2) is 25.8 Å². The van der Waals surface area contributed by atoms with Gasteiger partial charge >= 0.3 is 5.69 Å². The van der Waals surface area contributed by atoms with Gasteiger partial charge in [-0.3, -0.25) is 9.36 Å². The molecule has 0 saturated heterocycles. The second-order valence-corrected chi connectivity index (χ2v) is 6.36. The van der Waals surface area contributed by atoms with Gasteiger partial charge in [-0.1, -0.05) is 36.4 Å². The van der Waals surface area contributed by atoms with E-state index in [-0.39, 0.29) is 12.1 Å². The van der Waals surface area contributed by atoms with E-state index in [1.807, 2.05) is 54.6 Å². The first-order chi connectivity index (χ1) is 13.7. The van der Waals surface area contributed by atoms with E-state index in [0.717, 1.165) is 11.3 Å². The molecule has 0 N–H and O–H groups in total. The predicted octanol–water partition coefficient (Wildman–Crippen LogP) is 2.43. The third kappa shape index (κ3) is 2.81. The van der Waals surface area contributed by atoms with Crippen LogP contribution in [0.25, 0.3) is 16.9 Å². The number of para-hydroxylation sites is 2. The lowest BCUT2D eigenvalue weighted by Crippen LogP contribution is -2.39. The van der Waals surface area contributed by atoms with E-state index >= 15 is 0 Å². The van der Waals surface area contributed by atoms with Gasteiger partial charge in [-0.2, -0.15) is 0 Å². The van der Waals surface area contributed by atoms with Crippen molar-refractivity contribution in [3.63, 3.8) is 0 Å². The smallest absolute Gasteiger partial charge is 0.337 e. The van der Waals surface area contributed by atoms with E-state index in [9.17, 15) is 9.59 Å². The van der Waals surface area contributed by atoms with Crippen molar-refractivity contribution in [2.45, 2.75) is 20.0 Å². The van der Waals surface area contributed by atoms with Gasteiger partial charge in [-0.15, -0.1) is 0 Å². The molecule has 0 spiro atoms. The van der Waals surface area contributed by atoms with Crippen LogP contribution in [0.1, 0.15) is 12.5 Å². The molecule has 0 aliphatic heterocycles. The molecular formula is C21H20N4O3. The van der Waals surface area contributed by atoms with Gasteiger partial charge in [0, 0.05) is 12.1 Å². The van der Waals surface area contributed by atoms with Gasteiger partial charge in [0.2, 0.25) is 0 Å². The second kappa shape index (κ2) is 7.19.